The molecule has 0 aliphatic heterocycles. The first kappa shape index (κ1) is 12.9. The molecule has 1 atom stereocenters. The largest absolute Gasteiger partial charge is 0.459 e. The molecular formula is C16H21NO. The summed E-state index contributed by atoms with van der Waals surface area (Å²) in [6, 6.07) is 12.4. The van der Waals surface area contributed by atoms with Crippen LogP contribution in [0, 0.1) is 0 Å². The lowest BCUT2D eigenvalue weighted by molar-refractivity contribution is 0.469. The van der Waals surface area contributed by atoms with Crippen LogP contribution in [0.5, 0.6) is 0 Å². The molecule has 2 N–H and O–H groups in total. The Labute approximate surface area is 109 Å². The van der Waals surface area contributed by atoms with Crippen molar-refractivity contribution in [2.45, 2.75) is 39.2 Å². The molecule has 0 aliphatic carbocycles. The minimum absolute atomic E-state index is 0.00929. The third-order valence-corrected chi connectivity index (χ3v) is 3.28. The third-order valence-electron chi connectivity index (χ3n) is 3.28. The molecule has 0 saturated heterocycles. The molecule has 0 bridgehead atoms. The number of rotatable bonds is 4. The van der Waals surface area contributed by atoms with Crippen LogP contribution in [0.2, 0.25) is 0 Å². The average molecular weight is 243 g/mol. The molecule has 0 radical (unpaired) electrons. The van der Waals surface area contributed by atoms with Gasteiger partial charge < -0.3 is 10.2 Å². The van der Waals surface area contributed by atoms with Crippen LogP contribution in [0.4, 0.5) is 0 Å². The number of hydrogen-bond donors (Lipinski definition) is 1. The highest BCUT2D eigenvalue weighted by Crippen LogP contribution is 2.31. The molecule has 2 aromatic rings. The molecule has 1 aromatic carbocycles. The van der Waals surface area contributed by atoms with E-state index in [0.29, 0.717) is 5.92 Å². The molecular weight excluding hydrogens is 222 g/mol. The van der Waals surface area contributed by atoms with E-state index in [-0.39, 0.29) is 6.04 Å². The fourth-order valence-corrected chi connectivity index (χ4v) is 2.12. The predicted molar refractivity (Wildman–Crippen MR) is 75.5 cm³/mol. The van der Waals surface area contributed by atoms with E-state index in [1.807, 2.05) is 18.2 Å². The summed E-state index contributed by atoms with van der Waals surface area (Å²) in [6.07, 6.45) is 0.888. The van der Waals surface area contributed by atoms with Gasteiger partial charge in [-0.25, -0.2) is 0 Å². The van der Waals surface area contributed by atoms with Crippen molar-refractivity contribution < 1.29 is 4.42 Å². The molecule has 1 heterocycles. The summed E-state index contributed by atoms with van der Waals surface area (Å²) >= 11 is 0. The zero-order chi connectivity index (χ0) is 13.1. The van der Waals surface area contributed by atoms with Crippen molar-refractivity contribution in [3.8, 4) is 11.3 Å². The molecule has 0 spiro atoms. The molecule has 0 amide bonds. The molecule has 2 heteroatoms. The van der Waals surface area contributed by atoms with Gasteiger partial charge in [0.15, 0.2) is 0 Å². The molecule has 1 aromatic heterocycles. The summed E-state index contributed by atoms with van der Waals surface area (Å²) in [7, 11) is 0. The Morgan fingerprint density at radius 2 is 1.83 bits per heavy atom. The highest BCUT2D eigenvalue weighted by Gasteiger charge is 2.13. The van der Waals surface area contributed by atoms with Gasteiger partial charge in [-0.05, 0) is 30.0 Å². The van der Waals surface area contributed by atoms with E-state index in [9.17, 15) is 0 Å². The van der Waals surface area contributed by atoms with E-state index < -0.39 is 0 Å². The van der Waals surface area contributed by atoms with E-state index in [1.165, 1.54) is 11.1 Å². The van der Waals surface area contributed by atoms with E-state index in [2.05, 4.69) is 39.0 Å². The van der Waals surface area contributed by atoms with E-state index in [4.69, 9.17) is 10.2 Å². The van der Waals surface area contributed by atoms with Crippen LogP contribution in [0.25, 0.3) is 11.3 Å². The van der Waals surface area contributed by atoms with Gasteiger partial charge in [0.2, 0.25) is 0 Å². The highest BCUT2D eigenvalue weighted by molar-refractivity contribution is 5.63. The van der Waals surface area contributed by atoms with E-state index in [0.717, 1.165) is 17.9 Å². The smallest absolute Gasteiger partial charge is 0.134 e. The Morgan fingerprint density at radius 3 is 2.50 bits per heavy atom. The SMILES string of the molecule is CCC(N)c1ccc(-c2ccccc2C(C)C)o1. The fourth-order valence-electron chi connectivity index (χ4n) is 2.12. The Balaban J connectivity index is 2.40. The summed E-state index contributed by atoms with van der Waals surface area (Å²) < 4.78 is 5.89. The fraction of sp³-hybridized carbons (Fsp3) is 0.375. The average Bonchev–Trinajstić information content (AvgIpc) is 2.87. The Bertz CT molecular complexity index is 513. The van der Waals surface area contributed by atoms with Gasteiger partial charge in [-0.3, -0.25) is 0 Å². The molecule has 96 valence electrons. The Hall–Kier alpha value is -1.54. The summed E-state index contributed by atoms with van der Waals surface area (Å²) in [5.74, 6) is 2.26. The molecule has 0 fully saturated rings. The van der Waals surface area contributed by atoms with Crippen molar-refractivity contribution >= 4 is 0 Å². The quantitative estimate of drug-likeness (QED) is 0.859. The molecule has 2 rings (SSSR count). The number of benzene rings is 1. The van der Waals surface area contributed by atoms with Gasteiger partial charge in [0, 0.05) is 5.56 Å². The number of furan rings is 1. The summed E-state index contributed by atoms with van der Waals surface area (Å²) in [5.41, 5.74) is 8.47. The van der Waals surface area contributed by atoms with Crippen LogP contribution in [-0.2, 0) is 0 Å². The van der Waals surface area contributed by atoms with Crippen LogP contribution in [0.3, 0.4) is 0 Å². The topological polar surface area (TPSA) is 39.2 Å². The van der Waals surface area contributed by atoms with Crippen molar-refractivity contribution in [3.05, 3.63) is 47.7 Å². The summed E-state index contributed by atoms with van der Waals surface area (Å²) in [6.45, 7) is 6.45. The highest BCUT2D eigenvalue weighted by atomic mass is 16.3. The van der Waals surface area contributed by atoms with Gasteiger partial charge in [-0.1, -0.05) is 45.0 Å². The van der Waals surface area contributed by atoms with E-state index in [1.54, 1.807) is 0 Å². The van der Waals surface area contributed by atoms with Crippen molar-refractivity contribution in [1.82, 2.24) is 0 Å². The van der Waals surface area contributed by atoms with Crippen LogP contribution in [0.1, 0.15) is 50.5 Å². The van der Waals surface area contributed by atoms with Crippen LogP contribution in [-0.4, -0.2) is 0 Å². The molecule has 18 heavy (non-hydrogen) atoms. The molecule has 1 unspecified atom stereocenters. The second-order valence-corrected chi connectivity index (χ2v) is 4.96. The first-order chi connectivity index (χ1) is 8.63. The minimum atomic E-state index is -0.00929. The van der Waals surface area contributed by atoms with Crippen molar-refractivity contribution in [1.29, 1.82) is 0 Å². The monoisotopic (exact) mass is 243 g/mol. The van der Waals surface area contributed by atoms with Crippen LogP contribution < -0.4 is 5.73 Å². The van der Waals surface area contributed by atoms with Gasteiger partial charge in [0.25, 0.3) is 0 Å². The number of nitrogens with two attached hydrogens (primary N) is 1. The van der Waals surface area contributed by atoms with Gasteiger partial charge in [-0.15, -0.1) is 0 Å². The van der Waals surface area contributed by atoms with Crippen molar-refractivity contribution in [3.63, 3.8) is 0 Å². The van der Waals surface area contributed by atoms with Gasteiger partial charge in [0.05, 0.1) is 6.04 Å². The first-order valence-electron chi connectivity index (χ1n) is 6.58. The molecule has 2 nitrogen and oxygen atoms in total. The normalized spacial score (nSPS) is 12.9. The maximum atomic E-state index is 5.99. The van der Waals surface area contributed by atoms with Gasteiger partial charge in [0.1, 0.15) is 11.5 Å². The van der Waals surface area contributed by atoms with Crippen molar-refractivity contribution in [2.24, 2.45) is 5.73 Å². The van der Waals surface area contributed by atoms with Gasteiger partial charge in [-0.2, -0.15) is 0 Å². The first-order valence-corrected chi connectivity index (χ1v) is 6.58. The zero-order valence-electron chi connectivity index (χ0n) is 11.3. The Kier molecular flexibility index (Phi) is 3.87. The summed E-state index contributed by atoms with van der Waals surface area (Å²) in [4.78, 5) is 0. The van der Waals surface area contributed by atoms with Gasteiger partial charge >= 0.3 is 0 Å². The maximum Gasteiger partial charge on any atom is 0.134 e. The van der Waals surface area contributed by atoms with Crippen molar-refractivity contribution in [2.75, 3.05) is 0 Å². The second-order valence-electron chi connectivity index (χ2n) is 4.96. The Morgan fingerprint density at radius 1 is 1.11 bits per heavy atom. The second kappa shape index (κ2) is 5.40. The lowest BCUT2D eigenvalue weighted by Gasteiger charge is -2.10. The zero-order valence-corrected chi connectivity index (χ0v) is 11.3. The molecule has 0 aliphatic rings. The lowest BCUT2D eigenvalue weighted by Crippen LogP contribution is -2.06. The number of hydrogen-bond acceptors (Lipinski definition) is 2. The molecule has 0 saturated carbocycles. The van der Waals surface area contributed by atoms with Crippen LogP contribution >= 0.6 is 0 Å². The van der Waals surface area contributed by atoms with Crippen LogP contribution in [0.15, 0.2) is 40.8 Å². The minimum Gasteiger partial charge on any atom is -0.459 e. The standard InChI is InChI=1S/C16H21NO/c1-4-14(17)16-10-9-15(18-16)13-8-6-5-7-12(13)11(2)3/h5-11,14H,4,17H2,1-3H3. The lowest BCUT2D eigenvalue weighted by atomic mass is 9.96. The predicted octanol–water partition coefficient (Wildman–Crippen LogP) is 4.48. The van der Waals surface area contributed by atoms with E-state index >= 15 is 0 Å². The maximum absolute atomic E-state index is 5.99. The third kappa shape index (κ3) is 2.49. The summed E-state index contributed by atoms with van der Waals surface area (Å²) in [5, 5.41) is 0.